The van der Waals surface area contributed by atoms with Gasteiger partial charge in [0.1, 0.15) is 0 Å². The number of pyridine rings is 1. The Bertz CT molecular complexity index is 832. The van der Waals surface area contributed by atoms with E-state index in [1.807, 2.05) is 30.3 Å². The van der Waals surface area contributed by atoms with Crippen LogP contribution in [0.2, 0.25) is 0 Å². The van der Waals surface area contributed by atoms with Crippen LogP contribution in [0.1, 0.15) is 13.3 Å². The number of nitrogens with one attached hydrogen (secondary N) is 1. The second-order valence-corrected chi connectivity index (χ2v) is 8.44. The highest BCUT2D eigenvalue weighted by Gasteiger charge is 2.10. The number of hydrogen-bond donors (Lipinski definition) is 1. The van der Waals surface area contributed by atoms with Crippen molar-refractivity contribution in [2.24, 2.45) is 0 Å². The van der Waals surface area contributed by atoms with E-state index in [9.17, 15) is 4.79 Å². The van der Waals surface area contributed by atoms with Gasteiger partial charge in [0, 0.05) is 17.3 Å². The lowest BCUT2D eigenvalue weighted by molar-refractivity contribution is -0.113. The number of carbonyl (C=O) groups is 1. The van der Waals surface area contributed by atoms with E-state index >= 15 is 0 Å². The molecule has 0 unspecified atom stereocenters. The van der Waals surface area contributed by atoms with Crippen molar-refractivity contribution in [2.45, 2.75) is 22.0 Å². The molecule has 1 N–H and O–H groups in total. The Morgan fingerprint density at radius 3 is 2.83 bits per heavy atom. The summed E-state index contributed by atoms with van der Waals surface area (Å²) < 4.78 is 1.78. The molecule has 1 aromatic carbocycles. The van der Waals surface area contributed by atoms with Crippen molar-refractivity contribution < 1.29 is 4.79 Å². The van der Waals surface area contributed by atoms with E-state index in [0.29, 0.717) is 5.75 Å². The molecule has 3 rings (SSSR count). The highest BCUT2D eigenvalue weighted by Crippen LogP contribution is 2.29. The maximum atomic E-state index is 12.2. The van der Waals surface area contributed by atoms with Crippen LogP contribution < -0.4 is 5.32 Å². The first-order valence-corrected chi connectivity index (χ1v) is 10.3. The maximum absolute atomic E-state index is 12.2. The number of benzene rings is 1. The summed E-state index contributed by atoms with van der Waals surface area (Å²) in [7, 11) is 0. The second-order valence-electron chi connectivity index (χ2n) is 4.89. The van der Waals surface area contributed by atoms with E-state index in [0.717, 1.165) is 37.4 Å². The smallest absolute Gasteiger partial charge is 0.234 e. The van der Waals surface area contributed by atoms with Gasteiger partial charge < -0.3 is 5.32 Å². The number of amides is 1. The zero-order valence-electron chi connectivity index (χ0n) is 13.1. The summed E-state index contributed by atoms with van der Waals surface area (Å²) in [5.74, 6) is 1.29. The van der Waals surface area contributed by atoms with Crippen LogP contribution in [0.4, 0.5) is 5.69 Å². The number of rotatable bonds is 7. The van der Waals surface area contributed by atoms with Gasteiger partial charge in [-0.1, -0.05) is 47.9 Å². The van der Waals surface area contributed by atoms with Crippen molar-refractivity contribution in [1.29, 1.82) is 0 Å². The predicted molar refractivity (Wildman–Crippen MR) is 102 cm³/mol. The van der Waals surface area contributed by atoms with Crippen molar-refractivity contribution in [3.05, 3.63) is 36.5 Å². The molecule has 0 spiro atoms. The maximum Gasteiger partial charge on any atom is 0.234 e. The topological polar surface area (TPSA) is 67.8 Å². The molecule has 0 aliphatic rings. The Balaban J connectivity index is 1.58. The van der Waals surface area contributed by atoms with Crippen LogP contribution in [0.25, 0.3) is 10.9 Å². The molecular weight excluding hydrogens is 360 g/mol. The Kier molecular flexibility index (Phi) is 6.06. The van der Waals surface area contributed by atoms with Crippen molar-refractivity contribution in [3.63, 3.8) is 0 Å². The minimum atomic E-state index is -0.0608. The van der Waals surface area contributed by atoms with Gasteiger partial charge in [-0.3, -0.25) is 9.78 Å². The van der Waals surface area contributed by atoms with Gasteiger partial charge in [-0.05, 0) is 30.7 Å². The average Bonchev–Trinajstić information content (AvgIpc) is 3.06. The molecule has 0 fully saturated rings. The summed E-state index contributed by atoms with van der Waals surface area (Å²) in [4.78, 5) is 16.5. The molecule has 1 amide bonds. The standard InChI is InChI=1S/C16H16N4OS3/c1-2-9-22-15-19-20-16(24-15)23-10-14(21)18-13-7-3-6-12-11(13)5-4-8-17-12/h3-8H,2,9-10H2,1H3,(H,18,21). The van der Waals surface area contributed by atoms with E-state index in [-0.39, 0.29) is 5.91 Å². The fraction of sp³-hybridized carbons (Fsp3) is 0.250. The monoisotopic (exact) mass is 376 g/mol. The van der Waals surface area contributed by atoms with Crippen LogP contribution in [-0.2, 0) is 4.79 Å². The molecule has 0 atom stereocenters. The number of fused-ring (bicyclic) bond motifs is 1. The Hall–Kier alpha value is -1.64. The summed E-state index contributed by atoms with van der Waals surface area (Å²) in [5.41, 5.74) is 1.65. The normalized spacial score (nSPS) is 10.9. The van der Waals surface area contributed by atoms with Crippen LogP contribution in [0.3, 0.4) is 0 Å². The zero-order valence-corrected chi connectivity index (χ0v) is 15.5. The third kappa shape index (κ3) is 4.46. The van der Waals surface area contributed by atoms with Crippen LogP contribution >= 0.6 is 34.9 Å². The fourth-order valence-corrected chi connectivity index (χ4v) is 4.77. The molecule has 3 aromatic rings. The Morgan fingerprint density at radius 2 is 2.00 bits per heavy atom. The molecule has 124 valence electrons. The van der Waals surface area contributed by atoms with E-state index in [1.165, 1.54) is 23.1 Å². The molecule has 2 aromatic heterocycles. The van der Waals surface area contributed by atoms with Crippen LogP contribution in [0.15, 0.2) is 45.2 Å². The minimum Gasteiger partial charge on any atom is -0.325 e. The molecule has 0 aliphatic heterocycles. The van der Waals surface area contributed by atoms with Crippen molar-refractivity contribution in [3.8, 4) is 0 Å². The molecule has 24 heavy (non-hydrogen) atoms. The van der Waals surface area contributed by atoms with Crippen LogP contribution in [0, 0.1) is 0 Å². The summed E-state index contributed by atoms with van der Waals surface area (Å²) in [6, 6.07) is 9.52. The van der Waals surface area contributed by atoms with E-state index in [1.54, 1.807) is 18.0 Å². The molecule has 8 heteroatoms. The molecule has 0 radical (unpaired) electrons. The lowest BCUT2D eigenvalue weighted by atomic mass is 10.2. The Morgan fingerprint density at radius 1 is 1.17 bits per heavy atom. The van der Waals surface area contributed by atoms with Gasteiger partial charge in [0.25, 0.3) is 0 Å². The van der Waals surface area contributed by atoms with Crippen LogP contribution in [0.5, 0.6) is 0 Å². The van der Waals surface area contributed by atoms with Gasteiger partial charge in [0.05, 0.1) is 17.0 Å². The largest absolute Gasteiger partial charge is 0.325 e. The first kappa shape index (κ1) is 17.2. The third-order valence-electron chi connectivity index (χ3n) is 3.06. The molecule has 0 saturated carbocycles. The molecule has 0 aliphatic carbocycles. The predicted octanol–water partition coefficient (Wildman–Crippen LogP) is 4.32. The zero-order chi connectivity index (χ0) is 16.8. The molecule has 2 heterocycles. The summed E-state index contributed by atoms with van der Waals surface area (Å²) in [6.07, 6.45) is 2.85. The lowest BCUT2D eigenvalue weighted by Crippen LogP contribution is -2.14. The number of aromatic nitrogens is 3. The van der Waals surface area contributed by atoms with Crippen molar-refractivity contribution in [1.82, 2.24) is 15.2 Å². The van der Waals surface area contributed by atoms with E-state index < -0.39 is 0 Å². The Labute approximate surface area is 152 Å². The van der Waals surface area contributed by atoms with Gasteiger partial charge in [-0.25, -0.2) is 0 Å². The van der Waals surface area contributed by atoms with Gasteiger partial charge in [0.15, 0.2) is 8.68 Å². The molecular formula is C16H16N4OS3. The van der Waals surface area contributed by atoms with Gasteiger partial charge in [-0.15, -0.1) is 10.2 Å². The van der Waals surface area contributed by atoms with E-state index in [4.69, 9.17) is 0 Å². The van der Waals surface area contributed by atoms with Crippen molar-refractivity contribution in [2.75, 3.05) is 16.8 Å². The molecule has 0 bridgehead atoms. The number of thioether (sulfide) groups is 2. The molecule has 5 nitrogen and oxygen atoms in total. The highest BCUT2D eigenvalue weighted by atomic mass is 32.2. The second kappa shape index (κ2) is 8.46. The van der Waals surface area contributed by atoms with Crippen LogP contribution in [-0.4, -0.2) is 32.6 Å². The van der Waals surface area contributed by atoms with Gasteiger partial charge in [-0.2, -0.15) is 0 Å². The first-order chi connectivity index (χ1) is 11.8. The van der Waals surface area contributed by atoms with Gasteiger partial charge in [0.2, 0.25) is 5.91 Å². The summed E-state index contributed by atoms with van der Waals surface area (Å²) >= 11 is 4.65. The number of anilines is 1. The first-order valence-electron chi connectivity index (χ1n) is 7.49. The van der Waals surface area contributed by atoms with E-state index in [2.05, 4.69) is 27.4 Å². The highest BCUT2D eigenvalue weighted by molar-refractivity contribution is 8.03. The minimum absolute atomic E-state index is 0.0608. The number of nitrogens with zero attached hydrogens (tertiary/aromatic N) is 3. The average molecular weight is 377 g/mol. The lowest BCUT2D eigenvalue weighted by Gasteiger charge is -2.07. The quantitative estimate of drug-likeness (QED) is 0.620. The summed E-state index contributed by atoms with van der Waals surface area (Å²) in [6.45, 7) is 2.14. The van der Waals surface area contributed by atoms with Gasteiger partial charge >= 0.3 is 0 Å². The number of hydrogen-bond acceptors (Lipinski definition) is 7. The fourth-order valence-electron chi connectivity index (χ4n) is 2.03. The number of carbonyl (C=O) groups excluding carboxylic acids is 1. The van der Waals surface area contributed by atoms with Crippen molar-refractivity contribution >= 4 is 57.4 Å². The molecule has 0 saturated heterocycles. The third-order valence-corrected chi connectivity index (χ3v) is 6.46. The summed E-state index contributed by atoms with van der Waals surface area (Å²) in [5, 5.41) is 12.1. The SMILES string of the molecule is CCCSc1nnc(SCC(=O)Nc2cccc3ncccc23)s1.